The fourth-order valence-corrected chi connectivity index (χ4v) is 5.73. The zero-order valence-corrected chi connectivity index (χ0v) is 15.1. The number of aryl methyl sites for hydroxylation is 1. The van der Waals surface area contributed by atoms with Gasteiger partial charge in [-0.05, 0) is 32.6 Å². The van der Waals surface area contributed by atoms with E-state index >= 15 is 0 Å². The molecule has 1 N–H and O–H groups in total. The largest absolute Gasteiger partial charge is 0.355 e. The first-order valence-electron chi connectivity index (χ1n) is 9.10. The van der Waals surface area contributed by atoms with Crippen molar-refractivity contribution in [1.29, 1.82) is 0 Å². The number of thiazole rings is 1. The van der Waals surface area contributed by atoms with Crippen LogP contribution in [0.2, 0.25) is 0 Å². The molecule has 2 amide bonds. The third-order valence-corrected chi connectivity index (χ3v) is 7.16. The predicted molar refractivity (Wildman–Crippen MR) is 93.3 cm³/mol. The van der Waals surface area contributed by atoms with Crippen molar-refractivity contribution >= 4 is 23.2 Å². The van der Waals surface area contributed by atoms with Gasteiger partial charge < -0.3 is 10.2 Å². The lowest BCUT2D eigenvalue weighted by molar-refractivity contribution is -0.119. The molecule has 3 fully saturated rings. The van der Waals surface area contributed by atoms with Gasteiger partial charge in [0.1, 0.15) is 4.88 Å². The summed E-state index contributed by atoms with van der Waals surface area (Å²) < 4.78 is 0. The fourth-order valence-electron chi connectivity index (χ4n) is 4.53. The van der Waals surface area contributed by atoms with E-state index in [0.717, 1.165) is 35.0 Å². The number of piperidine rings is 1. The molecule has 1 aliphatic carbocycles. The summed E-state index contributed by atoms with van der Waals surface area (Å²) in [5.74, 6) is 0.800. The highest BCUT2D eigenvalue weighted by molar-refractivity contribution is 7.13. The second-order valence-corrected chi connectivity index (χ2v) is 8.76. The van der Waals surface area contributed by atoms with Gasteiger partial charge >= 0.3 is 0 Å². The minimum atomic E-state index is -0.0438. The highest BCUT2D eigenvalue weighted by atomic mass is 32.1. The van der Waals surface area contributed by atoms with Crippen molar-refractivity contribution in [1.82, 2.24) is 15.2 Å². The average molecular weight is 347 g/mol. The second-order valence-electron chi connectivity index (χ2n) is 7.73. The van der Waals surface area contributed by atoms with E-state index in [9.17, 15) is 9.59 Å². The molecule has 4 rings (SSSR count). The van der Waals surface area contributed by atoms with Crippen LogP contribution < -0.4 is 5.32 Å². The molecule has 5 nitrogen and oxygen atoms in total. The minimum absolute atomic E-state index is 0.0438. The normalized spacial score (nSPS) is 27.9. The van der Waals surface area contributed by atoms with Gasteiger partial charge in [-0.15, -0.1) is 11.3 Å². The van der Waals surface area contributed by atoms with Crippen LogP contribution in [0.4, 0.5) is 0 Å². The summed E-state index contributed by atoms with van der Waals surface area (Å²) in [5.41, 5.74) is 0.838. The van der Waals surface area contributed by atoms with Gasteiger partial charge in [-0.1, -0.05) is 12.8 Å². The van der Waals surface area contributed by atoms with Gasteiger partial charge in [0.05, 0.1) is 10.7 Å². The summed E-state index contributed by atoms with van der Waals surface area (Å²) in [6.07, 6.45) is 7.55. The standard InChI is InChI=1S/C18H25N3O2S/c1-12-15(24-16(20-12)13-5-2-3-6-13)17(23)21-8-4-7-18(11-21)9-14(22)19-10-18/h13H,2-11H2,1H3,(H,19,22). The van der Waals surface area contributed by atoms with Crippen LogP contribution >= 0.6 is 11.3 Å². The number of hydrogen-bond acceptors (Lipinski definition) is 4. The molecule has 1 saturated carbocycles. The van der Waals surface area contributed by atoms with E-state index in [4.69, 9.17) is 4.98 Å². The summed E-state index contributed by atoms with van der Waals surface area (Å²) in [7, 11) is 0. The number of nitrogens with one attached hydrogen (secondary N) is 1. The zero-order chi connectivity index (χ0) is 16.7. The molecule has 1 unspecified atom stereocenters. The molecule has 1 spiro atoms. The molecule has 1 atom stereocenters. The highest BCUT2D eigenvalue weighted by Gasteiger charge is 2.43. The fraction of sp³-hybridized carbons (Fsp3) is 0.722. The maximum atomic E-state index is 13.1. The van der Waals surface area contributed by atoms with Crippen molar-refractivity contribution in [3.05, 3.63) is 15.6 Å². The predicted octanol–water partition coefficient (Wildman–Crippen LogP) is 2.85. The van der Waals surface area contributed by atoms with Crippen molar-refractivity contribution < 1.29 is 9.59 Å². The molecule has 130 valence electrons. The molecule has 2 aliphatic heterocycles. The summed E-state index contributed by atoms with van der Waals surface area (Å²) in [6, 6.07) is 0. The number of carbonyl (C=O) groups is 2. The molecule has 3 aliphatic rings. The molecule has 0 aromatic carbocycles. The summed E-state index contributed by atoms with van der Waals surface area (Å²) in [5, 5.41) is 4.10. The first-order valence-corrected chi connectivity index (χ1v) is 9.91. The van der Waals surface area contributed by atoms with Crippen LogP contribution in [0.25, 0.3) is 0 Å². The maximum Gasteiger partial charge on any atom is 0.265 e. The Labute approximate surface area is 146 Å². The second kappa shape index (κ2) is 6.14. The third kappa shape index (κ3) is 2.85. The Kier molecular flexibility index (Phi) is 4.11. The van der Waals surface area contributed by atoms with Crippen LogP contribution in [0.1, 0.15) is 71.2 Å². The minimum Gasteiger partial charge on any atom is -0.355 e. The van der Waals surface area contributed by atoms with Crippen LogP contribution in [-0.2, 0) is 4.79 Å². The number of aromatic nitrogens is 1. The van der Waals surface area contributed by atoms with E-state index in [-0.39, 0.29) is 17.2 Å². The lowest BCUT2D eigenvalue weighted by Gasteiger charge is -2.39. The number of likely N-dealkylation sites (tertiary alicyclic amines) is 1. The Balaban J connectivity index is 1.52. The van der Waals surface area contributed by atoms with Crippen LogP contribution in [-0.4, -0.2) is 41.3 Å². The van der Waals surface area contributed by atoms with Crippen LogP contribution in [0.5, 0.6) is 0 Å². The maximum absolute atomic E-state index is 13.1. The lowest BCUT2D eigenvalue weighted by Crippen LogP contribution is -2.47. The Morgan fingerprint density at radius 1 is 1.33 bits per heavy atom. The van der Waals surface area contributed by atoms with E-state index in [2.05, 4.69) is 5.32 Å². The highest BCUT2D eigenvalue weighted by Crippen LogP contribution is 2.39. The molecule has 24 heavy (non-hydrogen) atoms. The van der Waals surface area contributed by atoms with Crippen LogP contribution in [0.3, 0.4) is 0 Å². The van der Waals surface area contributed by atoms with Crippen molar-refractivity contribution in [2.24, 2.45) is 5.41 Å². The van der Waals surface area contributed by atoms with E-state index < -0.39 is 0 Å². The SMILES string of the molecule is Cc1nc(C2CCCC2)sc1C(=O)N1CCCC2(CNC(=O)C2)C1. The van der Waals surface area contributed by atoms with Crippen molar-refractivity contribution in [3.63, 3.8) is 0 Å². The zero-order valence-electron chi connectivity index (χ0n) is 14.3. The molecule has 0 radical (unpaired) electrons. The first kappa shape index (κ1) is 16.1. The van der Waals surface area contributed by atoms with E-state index in [0.29, 0.717) is 25.4 Å². The average Bonchev–Trinajstić information content (AvgIpc) is 3.28. The van der Waals surface area contributed by atoms with Gasteiger partial charge in [-0.25, -0.2) is 4.98 Å². The van der Waals surface area contributed by atoms with Crippen molar-refractivity contribution in [2.45, 2.75) is 57.8 Å². The van der Waals surface area contributed by atoms with Crippen molar-refractivity contribution in [2.75, 3.05) is 19.6 Å². The smallest absolute Gasteiger partial charge is 0.265 e. The monoisotopic (exact) mass is 347 g/mol. The molecular formula is C18H25N3O2S. The Hall–Kier alpha value is -1.43. The van der Waals surface area contributed by atoms with Crippen LogP contribution in [0.15, 0.2) is 0 Å². The molecule has 1 aromatic rings. The molecule has 2 saturated heterocycles. The quantitative estimate of drug-likeness (QED) is 0.895. The van der Waals surface area contributed by atoms with Gasteiger partial charge in [-0.3, -0.25) is 9.59 Å². The third-order valence-electron chi connectivity index (χ3n) is 5.86. The number of nitrogens with zero attached hydrogens (tertiary/aromatic N) is 2. The molecule has 6 heteroatoms. The summed E-state index contributed by atoms with van der Waals surface area (Å²) in [6.45, 7) is 4.17. The van der Waals surface area contributed by atoms with E-state index in [1.807, 2.05) is 11.8 Å². The Morgan fingerprint density at radius 3 is 2.83 bits per heavy atom. The number of rotatable bonds is 2. The van der Waals surface area contributed by atoms with E-state index in [1.54, 1.807) is 11.3 Å². The van der Waals surface area contributed by atoms with Crippen LogP contribution in [0, 0.1) is 12.3 Å². The van der Waals surface area contributed by atoms with E-state index in [1.165, 1.54) is 25.7 Å². The first-order chi connectivity index (χ1) is 11.6. The van der Waals surface area contributed by atoms with Gasteiger partial charge in [0.2, 0.25) is 5.91 Å². The number of amides is 2. The number of carbonyl (C=O) groups excluding carboxylic acids is 2. The lowest BCUT2D eigenvalue weighted by atomic mass is 9.79. The molecule has 3 heterocycles. The summed E-state index contributed by atoms with van der Waals surface area (Å²) in [4.78, 5) is 32.2. The van der Waals surface area contributed by atoms with Crippen molar-refractivity contribution in [3.8, 4) is 0 Å². The van der Waals surface area contributed by atoms with Gasteiger partial charge in [0.25, 0.3) is 5.91 Å². The Morgan fingerprint density at radius 2 is 2.12 bits per heavy atom. The summed E-state index contributed by atoms with van der Waals surface area (Å²) >= 11 is 1.61. The topological polar surface area (TPSA) is 62.3 Å². The molecule has 1 aromatic heterocycles. The molecular weight excluding hydrogens is 322 g/mol. The van der Waals surface area contributed by atoms with Gasteiger partial charge in [-0.2, -0.15) is 0 Å². The van der Waals surface area contributed by atoms with Gasteiger partial charge in [0, 0.05) is 37.4 Å². The van der Waals surface area contributed by atoms with Gasteiger partial charge in [0.15, 0.2) is 0 Å². The molecule has 0 bridgehead atoms. The number of hydrogen-bond donors (Lipinski definition) is 1. The Bertz CT molecular complexity index is 665.